The zero-order valence-electron chi connectivity index (χ0n) is 10.4. The summed E-state index contributed by atoms with van der Waals surface area (Å²) in [7, 11) is 0. The lowest BCUT2D eigenvalue weighted by Gasteiger charge is -2.31. The van der Waals surface area contributed by atoms with E-state index >= 15 is 0 Å². The predicted molar refractivity (Wildman–Crippen MR) is 69.2 cm³/mol. The van der Waals surface area contributed by atoms with E-state index in [2.05, 4.69) is 17.6 Å². The van der Waals surface area contributed by atoms with Crippen LogP contribution in [0.2, 0.25) is 0 Å². The number of aryl methyl sites for hydroxylation is 1. The highest BCUT2D eigenvalue weighted by Crippen LogP contribution is 2.10. The summed E-state index contributed by atoms with van der Waals surface area (Å²) in [6.45, 7) is 6.51. The van der Waals surface area contributed by atoms with Crippen LogP contribution in [0.5, 0.6) is 0 Å². The molecular formula is C13H19N3O. The van der Waals surface area contributed by atoms with Gasteiger partial charge in [-0.1, -0.05) is 17.7 Å². The molecule has 2 rings (SSSR count). The first-order valence-electron chi connectivity index (χ1n) is 6.01. The lowest BCUT2D eigenvalue weighted by molar-refractivity contribution is 0.192. The number of amides is 2. The smallest absolute Gasteiger partial charge is 0.321 e. The number of urea groups is 1. The van der Waals surface area contributed by atoms with Crippen LogP contribution in [0.4, 0.5) is 10.5 Å². The lowest BCUT2D eigenvalue weighted by atomic mass is 10.2. The molecule has 0 aliphatic carbocycles. The van der Waals surface area contributed by atoms with Gasteiger partial charge in [-0.05, 0) is 26.0 Å². The van der Waals surface area contributed by atoms with Crippen LogP contribution in [0.1, 0.15) is 12.5 Å². The monoisotopic (exact) mass is 233 g/mol. The molecule has 0 radical (unpaired) electrons. The molecule has 0 bridgehead atoms. The second-order valence-corrected chi connectivity index (χ2v) is 4.60. The molecule has 0 spiro atoms. The quantitative estimate of drug-likeness (QED) is 0.777. The second kappa shape index (κ2) is 5.19. The Morgan fingerprint density at radius 1 is 1.41 bits per heavy atom. The van der Waals surface area contributed by atoms with Crippen LogP contribution in [0.25, 0.3) is 0 Å². The second-order valence-electron chi connectivity index (χ2n) is 4.60. The molecule has 4 nitrogen and oxygen atoms in total. The van der Waals surface area contributed by atoms with Crippen LogP contribution in [0.3, 0.4) is 0 Å². The number of anilines is 1. The molecule has 2 amide bonds. The summed E-state index contributed by atoms with van der Waals surface area (Å²) in [5, 5.41) is 6.24. The fourth-order valence-corrected chi connectivity index (χ4v) is 1.96. The van der Waals surface area contributed by atoms with E-state index in [4.69, 9.17) is 0 Å². The number of piperazine rings is 1. The minimum Gasteiger partial charge on any atom is -0.322 e. The highest BCUT2D eigenvalue weighted by atomic mass is 16.2. The van der Waals surface area contributed by atoms with Crippen molar-refractivity contribution in [2.45, 2.75) is 19.9 Å². The first kappa shape index (κ1) is 11.9. The fourth-order valence-electron chi connectivity index (χ4n) is 1.96. The molecule has 1 aromatic rings. The van der Waals surface area contributed by atoms with Gasteiger partial charge in [0, 0.05) is 31.4 Å². The van der Waals surface area contributed by atoms with E-state index in [0.717, 1.165) is 25.3 Å². The van der Waals surface area contributed by atoms with Gasteiger partial charge in [0.1, 0.15) is 0 Å². The highest BCUT2D eigenvalue weighted by molar-refractivity contribution is 5.89. The molecule has 1 aliphatic heterocycles. The van der Waals surface area contributed by atoms with Crippen LogP contribution < -0.4 is 10.6 Å². The summed E-state index contributed by atoms with van der Waals surface area (Å²) in [6, 6.07) is 8.21. The lowest BCUT2D eigenvalue weighted by Crippen LogP contribution is -2.52. The van der Waals surface area contributed by atoms with Crippen molar-refractivity contribution < 1.29 is 4.79 Å². The minimum absolute atomic E-state index is 0.0118. The average molecular weight is 233 g/mol. The molecule has 1 atom stereocenters. The number of rotatable bonds is 1. The van der Waals surface area contributed by atoms with Gasteiger partial charge in [0.05, 0.1) is 0 Å². The molecule has 1 heterocycles. The Labute approximate surface area is 102 Å². The summed E-state index contributed by atoms with van der Waals surface area (Å²) in [5.74, 6) is 0. The van der Waals surface area contributed by atoms with Crippen molar-refractivity contribution in [1.29, 1.82) is 0 Å². The molecule has 0 saturated carbocycles. The first-order chi connectivity index (χ1) is 8.15. The van der Waals surface area contributed by atoms with E-state index in [-0.39, 0.29) is 6.03 Å². The van der Waals surface area contributed by atoms with E-state index < -0.39 is 0 Å². The predicted octanol–water partition coefficient (Wildman–Crippen LogP) is 1.82. The summed E-state index contributed by atoms with van der Waals surface area (Å²) in [5.41, 5.74) is 2.05. The molecule has 1 unspecified atom stereocenters. The number of nitrogens with zero attached hydrogens (tertiary/aromatic N) is 1. The van der Waals surface area contributed by atoms with Gasteiger partial charge >= 0.3 is 6.03 Å². The Balaban J connectivity index is 1.94. The Hall–Kier alpha value is -1.55. The van der Waals surface area contributed by atoms with E-state index in [0.29, 0.717) is 6.04 Å². The summed E-state index contributed by atoms with van der Waals surface area (Å²) in [6.07, 6.45) is 0. The number of nitrogens with one attached hydrogen (secondary N) is 2. The van der Waals surface area contributed by atoms with Gasteiger partial charge in [0.2, 0.25) is 0 Å². The summed E-state index contributed by atoms with van der Waals surface area (Å²) < 4.78 is 0. The largest absolute Gasteiger partial charge is 0.322 e. The number of hydrogen-bond donors (Lipinski definition) is 2. The molecule has 4 heteroatoms. The maximum absolute atomic E-state index is 12.0. The minimum atomic E-state index is -0.0118. The van der Waals surface area contributed by atoms with Gasteiger partial charge in [-0.2, -0.15) is 0 Å². The molecule has 17 heavy (non-hydrogen) atoms. The maximum Gasteiger partial charge on any atom is 0.321 e. The third kappa shape index (κ3) is 3.20. The number of carbonyl (C=O) groups is 1. The molecule has 0 aromatic heterocycles. The Kier molecular flexibility index (Phi) is 3.64. The summed E-state index contributed by atoms with van der Waals surface area (Å²) >= 11 is 0. The van der Waals surface area contributed by atoms with Crippen molar-refractivity contribution in [2.24, 2.45) is 0 Å². The van der Waals surface area contributed by atoms with Gasteiger partial charge in [-0.25, -0.2) is 4.79 Å². The zero-order chi connectivity index (χ0) is 12.3. The normalized spacial score (nSPS) is 20.1. The Morgan fingerprint density at radius 3 is 2.76 bits per heavy atom. The van der Waals surface area contributed by atoms with Crippen LogP contribution >= 0.6 is 0 Å². The van der Waals surface area contributed by atoms with Gasteiger partial charge in [-0.15, -0.1) is 0 Å². The molecule has 1 saturated heterocycles. The fraction of sp³-hybridized carbons (Fsp3) is 0.462. The third-order valence-corrected chi connectivity index (χ3v) is 2.96. The average Bonchev–Trinajstić information content (AvgIpc) is 2.32. The molecule has 1 aliphatic rings. The van der Waals surface area contributed by atoms with Crippen molar-refractivity contribution in [2.75, 3.05) is 25.0 Å². The van der Waals surface area contributed by atoms with Gasteiger partial charge in [0.15, 0.2) is 0 Å². The Bertz CT molecular complexity index is 388. The van der Waals surface area contributed by atoms with Crippen LogP contribution in [0, 0.1) is 6.92 Å². The van der Waals surface area contributed by atoms with Crippen molar-refractivity contribution in [3.8, 4) is 0 Å². The third-order valence-electron chi connectivity index (χ3n) is 2.96. The van der Waals surface area contributed by atoms with Crippen LogP contribution in [-0.2, 0) is 0 Å². The van der Waals surface area contributed by atoms with Crippen molar-refractivity contribution >= 4 is 11.7 Å². The molecule has 1 aromatic carbocycles. The van der Waals surface area contributed by atoms with Crippen molar-refractivity contribution in [1.82, 2.24) is 10.2 Å². The topological polar surface area (TPSA) is 44.4 Å². The maximum atomic E-state index is 12.0. The summed E-state index contributed by atoms with van der Waals surface area (Å²) in [4.78, 5) is 13.8. The SMILES string of the molecule is Cc1ccc(NC(=O)N2CCNC(C)C2)cc1. The van der Waals surface area contributed by atoms with Crippen molar-refractivity contribution in [3.63, 3.8) is 0 Å². The number of hydrogen-bond acceptors (Lipinski definition) is 2. The first-order valence-corrected chi connectivity index (χ1v) is 6.01. The van der Waals surface area contributed by atoms with Crippen molar-refractivity contribution in [3.05, 3.63) is 29.8 Å². The number of benzene rings is 1. The van der Waals surface area contributed by atoms with Crippen LogP contribution in [-0.4, -0.2) is 36.6 Å². The van der Waals surface area contributed by atoms with E-state index in [1.807, 2.05) is 36.1 Å². The molecule has 2 N–H and O–H groups in total. The van der Waals surface area contributed by atoms with Gasteiger partial charge < -0.3 is 15.5 Å². The highest BCUT2D eigenvalue weighted by Gasteiger charge is 2.20. The molecule has 1 fully saturated rings. The molecular weight excluding hydrogens is 214 g/mol. The standard InChI is InChI=1S/C13H19N3O/c1-10-3-5-12(6-4-10)15-13(17)16-8-7-14-11(2)9-16/h3-6,11,14H,7-9H2,1-2H3,(H,15,17). The van der Waals surface area contributed by atoms with E-state index in [9.17, 15) is 4.79 Å². The van der Waals surface area contributed by atoms with Crippen LogP contribution in [0.15, 0.2) is 24.3 Å². The van der Waals surface area contributed by atoms with Gasteiger partial charge in [-0.3, -0.25) is 0 Å². The van der Waals surface area contributed by atoms with E-state index in [1.165, 1.54) is 5.56 Å². The Morgan fingerprint density at radius 2 is 2.12 bits per heavy atom. The molecule has 92 valence electrons. The van der Waals surface area contributed by atoms with Gasteiger partial charge in [0.25, 0.3) is 0 Å². The number of carbonyl (C=O) groups excluding carboxylic acids is 1. The van der Waals surface area contributed by atoms with E-state index in [1.54, 1.807) is 0 Å². The zero-order valence-corrected chi connectivity index (χ0v) is 10.4.